The maximum Gasteiger partial charge on any atom is 0.271 e. The van der Waals surface area contributed by atoms with Gasteiger partial charge in [-0.05, 0) is 45.3 Å². The van der Waals surface area contributed by atoms with Crippen LogP contribution in [0.15, 0.2) is 12.4 Å². The number of carbonyl (C=O) groups is 1. The van der Waals surface area contributed by atoms with E-state index in [0.29, 0.717) is 18.1 Å². The lowest BCUT2D eigenvalue weighted by Gasteiger charge is -2.28. The number of hydrogen-bond acceptors (Lipinski definition) is 5. The second-order valence-corrected chi connectivity index (χ2v) is 5.33. The summed E-state index contributed by atoms with van der Waals surface area (Å²) >= 11 is 0. The summed E-state index contributed by atoms with van der Waals surface area (Å²) in [6.45, 7) is 3.04. The topological polar surface area (TPSA) is 70.2 Å². The molecule has 110 valence electrons. The minimum atomic E-state index is -0.145. The lowest BCUT2D eigenvalue weighted by Crippen LogP contribution is -2.33. The van der Waals surface area contributed by atoms with Gasteiger partial charge in [0.25, 0.3) is 5.91 Å². The molecule has 2 N–H and O–H groups in total. The summed E-state index contributed by atoms with van der Waals surface area (Å²) in [7, 11) is 3.93. The van der Waals surface area contributed by atoms with E-state index in [0.717, 1.165) is 25.4 Å². The number of anilines is 1. The van der Waals surface area contributed by atoms with Gasteiger partial charge in [0.15, 0.2) is 0 Å². The van der Waals surface area contributed by atoms with Crippen LogP contribution in [0.25, 0.3) is 0 Å². The fraction of sp³-hybridized carbons (Fsp3) is 0.643. The fourth-order valence-corrected chi connectivity index (χ4v) is 2.41. The van der Waals surface area contributed by atoms with Crippen LogP contribution < -0.4 is 10.6 Å². The summed E-state index contributed by atoms with van der Waals surface area (Å²) in [5, 5.41) is 5.79. The molecule has 2 rings (SSSR count). The van der Waals surface area contributed by atoms with Gasteiger partial charge < -0.3 is 15.5 Å². The van der Waals surface area contributed by atoms with E-state index in [2.05, 4.69) is 32.5 Å². The van der Waals surface area contributed by atoms with Crippen LogP contribution in [-0.4, -0.2) is 54.5 Å². The molecule has 6 nitrogen and oxygen atoms in total. The van der Waals surface area contributed by atoms with E-state index >= 15 is 0 Å². The maximum absolute atomic E-state index is 11.9. The Hall–Kier alpha value is -1.69. The molecule has 20 heavy (non-hydrogen) atoms. The molecule has 0 aromatic carbocycles. The van der Waals surface area contributed by atoms with Crippen LogP contribution in [0.1, 0.15) is 29.8 Å². The highest BCUT2D eigenvalue weighted by molar-refractivity contribution is 5.91. The lowest BCUT2D eigenvalue weighted by atomic mass is 9.94. The molecule has 2 heterocycles. The van der Waals surface area contributed by atoms with Crippen molar-refractivity contribution in [3.63, 3.8) is 0 Å². The summed E-state index contributed by atoms with van der Waals surface area (Å²) in [5.74, 6) is 1.24. The molecule has 0 unspecified atom stereocenters. The van der Waals surface area contributed by atoms with Gasteiger partial charge in [0, 0.05) is 13.6 Å². The molecule has 0 bridgehead atoms. The number of likely N-dealkylation sites (tertiary alicyclic amines) is 1. The van der Waals surface area contributed by atoms with Crippen molar-refractivity contribution in [3.05, 3.63) is 18.1 Å². The van der Waals surface area contributed by atoms with Gasteiger partial charge in [0.05, 0.1) is 12.4 Å². The molecule has 1 fully saturated rings. The van der Waals surface area contributed by atoms with Gasteiger partial charge in [0.1, 0.15) is 11.5 Å². The predicted molar refractivity (Wildman–Crippen MR) is 78.7 cm³/mol. The molecule has 6 heteroatoms. The normalized spacial score (nSPS) is 16.9. The summed E-state index contributed by atoms with van der Waals surface area (Å²) in [4.78, 5) is 22.4. The first-order valence-electron chi connectivity index (χ1n) is 7.15. The summed E-state index contributed by atoms with van der Waals surface area (Å²) in [6.07, 6.45) is 6.55. The van der Waals surface area contributed by atoms with Crippen LogP contribution in [0, 0.1) is 5.92 Å². The third-order valence-electron chi connectivity index (χ3n) is 3.82. The number of piperidine rings is 1. The molecule has 0 radical (unpaired) electrons. The van der Waals surface area contributed by atoms with Crippen molar-refractivity contribution >= 4 is 11.7 Å². The van der Waals surface area contributed by atoms with E-state index in [4.69, 9.17) is 0 Å². The Morgan fingerprint density at radius 3 is 2.70 bits per heavy atom. The van der Waals surface area contributed by atoms with Crippen LogP contribution in [0.3, 0.4) is 0 Å². The Morgan fingerprint density at radius 2 is 2.10 bits per heavy atom. The summed E-state index contributed by atoms with van der Waals surface area (Å²) in [6, 6.07) is 0. The molecule has 1 aromatic heterocycles. The Labute approximate surface area is 120 Å². The van der Waals surface area contributed by atoms with Gasteiger partial charge in [-0.25, -0.2) is 9.97 Å². The first kappa shape index (κ1) is 14.7. The van der Waals surface area contributed by atoms with Crippen LogP contribution >= 0.6 is 0 Å². The summed E-state index contributed by atoms with van der Waals surface area (Å²) < 4.78 is 0. The molecule has 1 aromatic rings. The molecule has 1 aliphatic rings. The number of amides is 1. The van der Waals surface area contributed by atoms with E-state index in [1.165, 1.54) is 19.0 Å². The standard InChI is InChI=1S/C14H23N5O/c1-15-13-10-17-12(9-18-13)14(20)16-6-3-11-4-7-19(2)8-5-11/h9-11H,3-8H2,1-2H3,(H,15,18)(H,16,20). The van der Waals surface area contributed by atoms with Gasteiger partial charge >= 0.3 is 0 Å². The van der Waals surface area contributed by atoms with Crippen molar-refractivity contribution in [1.82, 2.24) is 20.2 Å². The van der Waals surface area contributed by atoms with Crippen molar-refractivity contribution < 1.29 is 4.79 Å². The number of rotatable bonds is 5. The minimum Gasteiger partial charge on any atom is -0.372 e. The Kier molecular flexibility index (Phi) is 5.29. The molecule has 1 amide bonds. The van der Waals surface area contributed by atoms with E-state index in [9.17, 15) is 4.79 Å². The van der Waals surface area contributed by atoms with Gasteiger partial charge in [-0.3, -0.25) is 4.79 Å². The van der Waals surface area contributed by atoms with Crippen LogP contribution in [0.2, 0.25) is 0 Å². The summed E-state index contributed by atoms with van der Waals surface area (Å²) in [5.41, 5.74) is 0.368. The number of carbonyl (C=O) groups excluding carboxylic acids is 1. The highest BCUT2D eigenvalue weighted by Crippen LogP contribution is 2.18. The van der Waals surface area contributed by atoms with Crippen molar-refractivity contribution in [3.8, 4) is 0 Å². The molecule has 0 saturated carbocycles. The van der Waals surface area contributed by atoms with E-state index in [1.807, 2.05) is 0 Å². The number of nitrogens with one attached hydrogen (secondary N) is 2. The van der Waals surface area contributed by atoms with Crippen molar-refractivity contribution in [2.45, 2.75) is 19.3 Å². The third-order valence-corrected chi connectivity index (χ3v) is 3.82. The maximum atomic E-state index is 11.9. The lowest BCUT2D eigenvalue weighted by molar-refractivity contribution is 0.0943. The van der Waals surface area contributed by atoms with Gasteiger partial charge in [-0.15, -0.1) is 0 Å². The van der Waals surface area contributed by atoms with Gasteiger partial charge in [-0.1, -0.05) is 0 Å². The average molecular weight is 277 g/mol. The quantitative estimate of drug-likeness (QED) is 0.839. The minimum absolute atomic E-state index is 0.145. The van der Waals surface area contributed by atoms with E-state index in [-0.39, 0.29) is 5.91 Å². The molecule has 0 atom stereocenters. The Bertz CT molecular complexity index is 426. The smallest absolute Gasteiger partial charge is 0.271 e. The first-order chi connectivity index (χ1) is 9.69. The Morgan fingerprint density at radius 1 is 1.35 bits per heavy atom. The van der Waals surface area contributed by atoms with Gasteiger partial charge in [-0.2, -0.15) is 0 Å². The fourth-order valence-electron chi connectivity index (χ4n) is 2.41. The molecule has 0 spiro atoms. The Balaban J connectivity index is 1.71. The first-order valence-corrected chi connectivity index (χ1v) is 7.15. The SMILES string of the molecule is CNc1cnc(C(=O)NCCC2CCN(C)CC2)cn1. The van der Waals surface area contributed by atoms with Crippen molar-refractivity contribution in [1.29, 1.82) is 0 Å². The monoisotopic (exact) mass is 277 g/mol. The highest BCUT2D eigenvalue weighted by Gasteiger charge is 2.16. The largest absolute Gasteiger partial charge is 0.372 e. The van der Waals surface area contributed by atoms with Crippen LogP contribution in [-0.2, 0) is 0 Å². The molecular formula is C14H23N5O. The van der Waals surface area contributed by atoms with Crippen molar-refractivity contribution in [2.75, 3.05) is 39.0 Å². The molecule has 1 aliphatic heterocycles. The zero-order valence-electron chi connectivity index (χ0n) is 12.2. The average Bonchev–Trinajstić information content (AvgIpc) is 2.49. The number of hydrogen-bond donors (Lipinski definition) is 2. The van der Waals surface area contributed by atoms with Crippen LogP contribution in [0.5, 0.6) is 0 Å². The third kappa shape index (κ3) is 4.16. The zero-order chi connectivity index (χ0) is 14.4. The second kappa shape index (κ2) is 7.19. The molecular weight excluding hydrogens is 254 g/mol. The molecule has 1 saturated heterocycles. The number of aromatic nitrogens is 2. The van der Waals surface area contributed by atoms with Crippen molar-refractivity contribution in [2.24, 2.45) is 5.92 Å². The number of nitrogens with zero attached hydrogens (tertiary/aromatic N) is 3. The van der Waals surface area contributed by atoms with Gasteiger partial charge in [0.2, 0.25) is 0 Å². The predicted octanol–water partition coefficient (Wildman–Crippen LogP) is 0.980. The second-order valence-electron chi connectivity index (χ2n) is 5.33. The zero-order valence-corrected chi connectivity index (χ0v) is 12.2. The van der Waals surface area contributed by atoms with E-state index in [1.54, 1.807) is 13.2 Å². The molecule has 0 aliphatic carbocycles. The van der Waals surface area contributed by atoms with E-state index < -0.39 is 0 Å². The van der Waals surface area contributed by atoms with Crippen LogP contribution in [0.4, 0.5) is 5.82 Å². The highest BCUT2D eigenvalue weighted by atomic mass is 16.1.